The molecule has 2 unspecified atom stereocenters. The van der Waals surface area contributed by atoms with Crippen molar-refractivity contribution < 1.29 is 9.59 Å². The van der Waals surface area contributed by atoms with Crippen molar-refractivity contribution in [3.63, 3.8) is 0 Å². The van der Waals surface area contributed by atoms with Gasteiger partial charge < -0.3 is 5.32 Å². The van der Waals surface area contributed by atoms with Crippen molar-refractivity contribution >= 4 is 29.1 Å². The molecule has 0 aromatic heterocycles. The average molecular weight is 267 g/mol. The van der Waals surface area contributed by atoms with Gasteiger partial charge in [-0.3, -0.25) is 14.5 Å². The number of aryl methyl sites for hydroxylation is 1. The predicted octanol–water partition coefficient (Wildman–Crippen LogP) is 1.89. The van der Waals surface area contributed by atoms with Crippen LogP contribution in [0.1, 0.15) is 19.4 Å². The number of nitrogens with one attached hydrogen (secondary N) is 1. The van der Waals surface area contributed by atoms with Gasteiger partial charge in [0.05, 0.1) is 0 Å². The first-order chi connectivity index (χ1) is 8.41. The largest absolute Gasteiger partial charge is 0.343 e. The van der Waals surface area contributed by atoms with Crippen molar-refractivity contribution in [2.45, 2.75) is 32.9 Å². The summed E-state index contributed by atoms with van der Waals surface area (Å²) in [5.41, 5.74) is 1.60. The summed E-state index contributed by atoms with van der Waals surface area (Å²) in [4.78, 5) is 25.4. The SMILES string of the molecule is Cc1ccc(N2C(=O)C(C)NC(=O)C2C)cc1Cl. The molecule has 1 aromatic carbocycles. The van der Waals surface area contributed by atoms with Gasteiger partial charge in [0.2, 0.25) is 11.8 Å². The Labute approximate surface area is 111 Å². The monoisotopic (exact) mass is 266 g/mol. The molecule has 1 fully saturated rings. The maximum atomic E-state index is 12.1. The molecular weight excluding hydrogens is 252 g/mol. The molecule has 5 heteroatoms. The van der Waals surface area contributed by atoms with Gasteiger partial charge in [0.25, 0.3) is 0 Å². The van der Waals surface area contributed by atoms with Crippen molar-refractivity contribution in [1.29, 1.82) is 0 Å². The van der Waals surface area contributed by atoms with E-state index >= 15 is 0 Å². The molecule has 1 saturated heterocycles. The summed E-state index contributed by atoms with van der Waals surface area (Å²) in [5.74, 6) is -0.277. The number of anilines is 1. The van der Waals surface area contributed by atoms with Crippen LogP contribution in [0, 0.1) is 6.92 Å². The van der Waals surface area contributed by atoms with Crippen molar-refractivity contribution in [3.05, 3.63) is 28.8 Å². The standard InChI is InChI=1S/C13H15ClN2O2/c1-7-4-5-10(6-11(7)14)16-9(3)12(17)15-8(2)13(16)18/h4-6,8-9H,1-3H3,(H,15,17). The molecule has 2 amide bonds. The molecular formula is C13H15ClN2O2. The number of rotatable bonds is 1. The zero-order valence-corrected chi connectivity index (χ0v) is 11.3. The maximum Gasteiger partial charge on any atom is 0.250 e. The van der Waals surface area contributed by atoms with Gasteiger partial charge in [0.15, 0.2) is 0 Å². The summed E-state index contributed by atoms with van der Waals surface area (Å²) in [6, 6.07) is 4.34. The Morgan fingerprint density at radius 2 is 1.94 bits per heavy atom. The number of hydrogen-bond acceptors (Lipinski definition) is 2. The van der Waals surface area contributed by atoms with Crippen molar-refractivity contribution in [3.8, 4) is 0 Å². The lowest BCUT2D eigenvalue weighted by atomic mass is 10.1. The molecule has 1 aromatic rings. The molecule has 2 rings (SSSR count). The van der Waals surface area contributed by atoms with Gasteiger partial charge in [-0.2, -0.15) is 0 Å². The first kappa shape index (κ1) is 12.9. The van der Waals surface area contributed by atoms with E-state index in [-0.39, 0.29) is 11.8 Å². The number of hydrogen-bond donors (Lipinski definition) is 1. The summed E-state index contributed by atoms with van der Waals surface area (Å²) in [7, 11) is 0. The van der Waals surface area contributed by atoms with E-state index in [1.54, 1.807) is 26.0 Å². The second-order valence-electron chi connectivity index (χ2n) is 4.55. The Bertz CT molecular complexity index is 516. The van der Waals surface area contributed by atoms with E-state index in [0.29, 0.717) is 10.7 Å². The van der Waals surface area contributed by atoms with Crippen LogP contribution in [0.15, 0.2) is 18.2 Å². The van der Waals surface area contributed by atoms with Crippen molar-refractivity contribution in [1.82, 2.24) is 5.32 Å². The summed E-state index contributed by atoms with van der Waals surface area (Å²) >= 11 is 6.06. The third kappa shape index (κ3) is 2.08. The van der Waals surface area contributed by atoms with Gasteiger partial charge in [-0.25, -0.2) is 0 Å². The Hall–Kier alpha value is -1.55. The Kier molecular flexibility index (Phi) is 3.30. The van der Waals surface area contributed by atoms with E-state index in [4.69, 9.17) is 11.6 Å². The highest BCUT2D eigenvalue weighted by atomic mass is 35.5. The molecule has 1 aliphatic rings. The third-order valence-electron chi connectivity index (χ3n) is 3.17. The van der Waals surface area contributed by atoms with Crippen LogP contribution in [-0.4, -0.2) is 23.9 Å². The predicted molar refractivity (Wildman–Crippen MR) is 70.7 cm³/mol. The van der Waals surface area contributed by atoms with Crippen LogP contribution in [0.25, 0.3) is 0 Å². The highest BCUT2D eigenvalue weighted by Gasteiger charge is 2.36. The highest BCUT2D eigenvalue weighted by molar-refractivity contribution is 6.31. The van der Waals surface area contributed by atoms with Gasteiger partial charge in [0.1, 0.15) is 12.1 Å². The van der Waals surface area contributed by atoms with Crippen LogP contribution in [0.3, 0.4) is 0 Å². The van der Waals surface area contributed by atoms with Gasteiger partial charge in [-0.15, -0.1) is 0 Å². The third-order valence-corrected chi connectivity index (χ3v) is 3.57. The molecule has 0 bridgehead atoms. The second kappa shape index (κ2) is 4.61. The zero-order valence-electron chi connectivity index (χ0n) is 10.5. The molecule has 96 valence electrons. The number of amides is 2. The van der Waals surface area contributed by atoms with Crippen LogP contribution in [0.4, 0.5) is 5.69 Å². The maximum absolute atomic E-state index is 12.1. The summed E-state index contributed by atoms with van der Waals surface area (Å²) in [6.45, 7) is 5.27. The lowest BCUT2D eigenvalue weighted by Gasteiger charge is -2.36. The van der Waals surface area contributed by atoms with Gasteiger partial charge in [-0.1, -0.05) is 17.7 Å². The zero-order chi connectivity index (χ0) is 13.4. The highest BCUT2D eigenvalue weighted by Crippen LogP contribution is 2.26. The second-order valence-corrected chi connectivity index (χ2v) is 4.96. The molecule has 0 saturated carbocycles. The van der Waals surface area contributed by atoms with Crippen LogP contribution in [-0.2, 0) is 9.59 Å². The first-order valence-corrected chi connectivity index (χ1v) is 6.19. The molecule has 0 aliphatic carbocycles. The van der Waals surface area contributed by atoms with Crippen LogP contribution in [0.2, 0.25) is 5.02 Å². The van der Waals surface area contributed by atoms with Crippen molar-refractivity contribution in [2.24, 2.45) is 0 Å². The minimum absolute atomic E-state index is 0.123. The number of halogens is 1. The molecule has 4 nitrogen and oxygen atoms in total. The normalized spacial score (nSPS) is 24.1. The van der Waals surface area contributed by atoms with Gasteiger partial charge >= 0.3 is 0 Å². The first-order valence-electron chi connectivity index (χ1n) is 5.81. The van der Waals surface area contributed by atoms with Crippen LogP contribution in [0.5, 0.6) is 0 Å². The fraction of sp³-hybridized carbons (Fsp3) is 0.385. The van der Waals surface area contributed by atoms with E-state index in [9.17, 15) is 9.59 Å². The average Bonchev–Trinajstić information content (AvgIpc) is 2.31. The topological polar surface area (TPSA) is 49.4 Å². The fourth-order valence-corrected chi connectivity index (χ4v) is 2.17. The lowest BCUT2D eigenvalue weighted by Crippen LogP contribution is -2.61. The van der Waals surface area contributed by atoms with E-state index < -0.39 is 12.1 Å². The van der Waals surface area contributed by atoms with Crippen LogP contribution < -0.4 is 10.2 Å². The molecule has 2 atom stereocenters. The molecule has 18 heavy (non-hydrogen) atoms. The molecule has 0 spiro atoms. The minimum Gasteiger partial charge on any atom is -0.343 e. The molecule has 0 radical (unpaired) electrons. The van der Waals surface area contributed by atoms with Gasteiger partial charge in [0, 0.05) is 10.7 Å². The van der Waals surface area contributed by atoms with Crippen LogP contribution >= 0.6 is 11.6 Å². The number of carbonyl (C=O) groups excluding carboxylic acids is 2. The number of carbonyl (C=O) groups is 2. The van der Waals surface area contributed by atoms with E-state index in [1.807, 2.05) is 13.0 Å². The molecule has 1 N–H and O–H groups in total. The molecule has 1 aliphatic heterocycles. The summed E-state index contributed by atoms with van der Waals surface area (Å²) in [6.07, 6.45) is 0. The number of piperazine rings is 1. The van der Waals surface area contributed by atoms with E-state index in [2.05, 4.69) is 5.32 Å². The Balaban J connectivity index is 2.43. The smallest absolute Gasteiger partial charge is 0.250 e. The minimum atomic E-state index is -0.521. The van der Waals surface area contributed by atoms with E-state index in [1.165, 1.54) is 4.90 Å². The molecule has 1 heterocycles. The van der Waals surface area contributed by atoms with Crippen molar-refractivity contribution in [2.75, 3.05) is 4.90 Å². The Morgan fingerprint density at radius 1 is 1.28 bits per heavy atom. The number of nitrogens with zero attached hydrogens (tertiary/aromatic N) is 1. The van der Waals surface area contributed by atoms with Gasteiger partial charge in [-0.05, 0) is 38.5 Å². The number of benzene rings is 1. The quantitative estimate of drug-likeness (QED) is 0.844. The Morgan fingerprint density at radius 3 is 2.56 bits per heavy atom. The lowest BCUT2D eigenvalue weighted by molar-refractivity contribution is -0.133. The van der Waals surface area contributed by atoms with E-state index in [0.717, 1.165) is 5.56 Å². The summed E-state index contributed by atoms with van der Waals surface area (Å²) in [5, 5.41) is 3.23. The fourth-order valence-electron chi connectivity index (χ4n) is 1.99. The summed E-state index contributed by atoms with van der Waals surface area (Å²) < 4.78 is 0.